The molecule has 2 rings (SSSR count). The van der Waals surface area contributed by atoms with Gasteiger partial charge in [0.05, 0.1) is 11.3 Å². The Labute approximate surface area is 165 Å². The summed E-state index contributed by atoms with van der Waals surface area (Å²) in [7, 11) is 0. The summed E-state index contributed by atoms with van der Waals surface area (Å²) in [4.78, 5) is 37.1. The van der Waals surface area contributed by atoms with E-state index in [1.54, 1.807) is 19.1 Å². The molecule has 0 fully saturated rings. The van der Waals surface area contributed by atoms with Crippen molar-refractivity contribution in [3.63, 3.8) is 0 Å². The molecule has 6 nitrogen and oxygen atoms in total. The summed E-state index contributed by atoms with van der Waals surface area (Å²) in [6, 6.07) is 10.7. The molecule has 9 heteroatoms. The van der Waals surface area contributed by atoms with E-state index in [4.69, 9.17) is 0 Å². The fourth-order valence-corrected chi connectivity index (χ4v) is 2.61. The van der Waals surface area contributed by atoms with Gasteiger partial charge in [-0.2, -0.15) is 13.2 Å². The fraction of sp³-hybridized carbons (Fsp3) is 0.250. The number of hydrogen-bond acceptors (Lipinski definition) is 3. The van der Waals surface area contributed by atoms with Gasteiger partial charge in [-0.05, 0) is 43.3 Å². The van der Waals surface area contributed by atoms with Crippen molar-refractivity contribution in [3.05, 3.63) is 59.7 Å². The van der Waals surface area contributed by atoms with Crippen molar-refractivity contribution in [1.29, 1.82) is 0 Å². The Balaban J connectivity index is 2.08. The van der Waals surface area contributed by atoms with Gasteiger partial charge in [-0.3, -0.25) is 14.4 Å². The van der Waals surface area contributed by atoms with Gasteiger partial charge in [-0.1, -0.05) is 12.1 Å². The molecule has 0 aliphatic rings. The van der Waals surface area contributed by atoms with Gasteiger partial charge in [-0.25, -0.2) is 0 Å². The zero-order valence-corrected chi connectivity index (χ0v) is 15.8. The zero-order valence-electron chi connectivity index (χ0n) is 15.8. The standard InChI is InChI=1S/C20H20F3N3O3/c1-3-26(19(29)14-8-10-15(11-9-14)24-13(2)27)12-18(28)25-17-7-5-4-6-16(17)20(21,22)23/h4-11H,3,12H2,1-2H3,(H,24,27)(H,25,28). The van der Waals surface area contributed by atoms with Crippen LogP contribution < -0.4 is 10.6 Å². The number of hydrogen-bond donors (Lipinski definition) is 2. The number of anilines is 2. The molecule has 3 amide bonds. The molecule has 0 atom stereocenters. The molecule has 0 spiro atoms. The molecule has 2 aromatic carbocycles. The van der Waals surface area contributed by atoms with Gasteiger partial charge in [0.25, 0.3) is 5.91 Å². The normalized spacial score (nSPS) is 10.9. The molecule has 0 aromatic heterocycles. The predicted molar refractivity (Wildman–Crippen MR) is 102 cm³/mol. The van der Waals surface area contributed by atoms with Crippen LogP contribution in [0.15, 0.2) is 48.5 Å². The predicted octanol–water partition coefficient (Wildman–Crippen LogP) is 3.76. The summed E-state index contributed by atoms with van der Waals surface area (Å²) in [5.74, 6) is -1.46. The van der Waals surface area contributed by atoms with Gasteiger partial charge in [0.15, 0.2) is 0 Å². The van der Waals surface area contributed by atoms with Crippen molar-refractivity contribution < 1.29 is 27.6 Å². The number of nitrogens with zero attached hydrogens (tertiary/aromatic N) is 1. The molecular formula is C20H20F3N3O3. The number of nitrogens with one attached hydrogen (secondary N) is 2. The number of carbonyl (C=O) groups excluding carboxylic acids is 3. The highest BCUT2D eigenvalue weighted by molar-refractivity contribution is 6.00. The molecule has 2 N–H and O–H groups in total. The summed E-state index contributed by atoms with van der Waals surface area (Å²) in [6.45, 7) is 2.78. The molecule has 154 valence electrons. The molecule has 29 heavy (non-hydrogen) atoms. The van der Waals surface area contributed by atoms with Crippen molar-refractivity contribution in [3.8, 4) is 0 Å². The summed E-state index contributed by atoms with van der Waals surface area (Å²) < 4.78 is 39.1. The lowest BCUT2D eigenvalue weighted by Gasteiger charge is -2.21. The van der Waals surface area contributed by atoms with Crippen LogP contribution in [0.5, 0.6) is 0 Å². The summed E-state index contributed by atoms with van der Waals surface area (Å²) in [5.41, 5.74) is -0.535. The maximum absolute atomic E-state index is 13.0. The molecule has 0 heterocycles. The number of rotatable bonds is 6. The van der Waals surface area contributed by atoms with E-state index in [0.29, 0.717) is 5.69 Å². The average molecular weight is 407 g/mol. The molecule has 0 unspecified atom stereocenters. The summed E-state index contributed by atoms with van der Waals surface area (Å²) >= 11 is 0. The van der Waals surface area contributed by atoms with Crippen molar-refractivity contribution in [1.82, 2.24) is 4.90 Å². The van der Waals surface area contributed by atoms with Crippen LogP contribution in [0.25, 0.3) is 0 Å². The lowest BCUT2D eigenvalue weighted by molar-refractivity contribution is -0.137. The first-order valence-electron chi connectivity index (χ1n) is 8.74. The van der Waals surface area contributed by atoms with E-state index in [1.807, 2.05) is 0 Å². The Hall–Kier alpha value is -3.36. The molecule has 0 saturated heterocycles. The largest absolute Gasteiger partial charge is 0.418 e. The Morgan fingerprint density at radius 1 is 0.966 bits per heavy atom. The molecular weight excluding hydrogens is 387 g/mol. The van der Waals surface area contributed by atoms with Crippen LogP contribution >= 0.6 is 0 Å². The number of amides is 3. The Morgan fingerprint density at radius 2 is 1.59 bits per heavy atom. The molecule has 0 aliphatic carbocycles. The number of halogens is 3. The first-order chi connectivity index (χ1) is 13.6. The van der Waals surface area contributed by atoms with Crippen LogP contribution in [0.4, 0.5) is 24.5 Å². The van der Waals surface area contributed by atoms with Crippen molar-refractivity contribution in [2.45, 2.75) is 20.0 Å². The van der Waals surface area contributed by atoms with Crippen LogP contribution in [0, 0.1) is 0 Å². The zero-order chi connectivity index (χ0) is 21.6. The highest BCUT2D eigenvalue weighted by atomic mass is 19.4. The Morgan fingerprint density at radius 3 is 2.14 bits per heavy atom. The molecule has 0 saturated carbocycles. The van der Waals surface area contributed by atoms with Crippen LogP contribution in [0.3, 0.4) is 0 Å². The van der Waals surface area contributed by atoms with E-state index in [-0.39, 0.29) is 23.7 Å². The molecule has 0 bridgehead atoms. The molecule has 0 aliphatic heterocycles. The first kappa shape index (κ1) is 21.9. The van der Waals surface area contributed by atoms with Gasteiger partial charge in [-0.15, -0.1) is 0 Å². The van der Waals surface area contributed by atoms with Gasteiger partial charge < -0.3 is 15.5 Å². The minimum absolute atomic E-state index is 0.181. The second-order valence-corrected chi connectivity index (χ2v) is 6.17. The third-order valence-electron chi connectivity index (χ3n) is 3.96. The maximum atomic E-state index is 13.0. The SMILES string of the molecule is CCN(CC(=O)Nc1ccccc1C(F)(F)F)C(=O)c1ccc(NC(C)=O)cc1. The van der Waals surface area contributed by atoms with Gasteiger partial charge in [0.2, 0.25) is 11.8 Å². The monoisotopic (exact) mass is 407 g/mol. The number of benzene rings is 2. The average Bonchev–Trinajstić information content (AvgIpc) is 2.65. The first-order valence-corrected chi connectivity index (χ1v) is 8.74. The Bertz CT molecular complexity index is 896. The second kappa shape index (κ2) is 9.22. The van der Waals surface area contributed by atoms with E-state index in [9.17, 15) is 27.6 Å². The second-order valence-electron chi connectivity index (χ2n) is 6.17. The minimum Gasteiger partial charge on any atom is -0.330 e. The van der Waals surface area contributed by atoms with Crippen LogP contribution in [-0.2, 0) is 15.8 Å². The Kier molecular flexibility index (Phi) is 6.98. The highest BCUT2D eigenvalue weighted by Gasteiger charge is 2.33. The lowest BCUT2D eigenvalue weighted by atomic mass is 10.1. The van der Waals surface area contributed by atoms with Crippen LogP contribution in [0.1, 0.15) is 29.8 Å². The van der Waals surface area contributed by atoms with Crippen LogP contribution in [-0.4, -0.2) is 35.7 Å². The van der Waals surface area contributed by atoms with Gasteiger partial charge in [0, 0.05) is 24.7 Å². The quantitative estimate of drug-likeness (QED) is 0.765. The molecule has 0 radical (unpaired) electrons. The number of likely N-dealkylation sites (N-methyl/N-ethyl adjacent to an activating group) is 1. The van der Waals surface area contributed by atoms with E-state index >= 15 is 0 Å². The number of alkyl halides is 3. The maximum Gasteiger partial charge on any atom is 0.418 e. The molecule has 2 aromatic rings. The van der Waals surface area contributed by atoms with E-state index < -0.39 is 30.1 Å². The van der Waals surface area contributed by atoms with Crippen molar-refractivity contribution in [2.24, 2.45) is 0 Å². The number of carbonyl (C=O) groups is 3. The smallest absolute Gasteiger partial charge is 0.330 e. The lowest BCUT2D eigenvalue weighted by Crippen LogP contribution is -2.38. The summed E-state index contributed by atoms with van der Waals surface area (Å²) in [5, 5.41) is 4.79. The van der Waals surface area contributed by atoms with E-state index in [2.05, 4.69) is 10.6 Å². The third kappa shape index (κ3) is 6.06. The topological polar surface area (TPSA) is 78.5 Å². The van der Waals surface area contributed by atoms with E-state index in [0.717, 1.165) is 12.1 Å². The van der Waals surface area contributed by atoms with Crippen LogP contribution in [0.2, 0.25) is 0 Å². The number of para-hydroxylation sites is 1. The van der Waals surface area contributed by atoms with Crippen molar-refractivity contribution >= 4 is 29.1 Å². The minimum atomic E-state index is -4.61. The van der Waals surface area contributed by atoms with Gasteiger partial charge in [0.1, 0.15) is 6.54 Å². The highest BCUT2D eigenvalue weighted by Crippen LogP contribution is 2.34. The third-order valence-corrected chi connectivity index (χ3v) is 3.96. The fourth-order valence-electron chi connectivity index (χ4n) is 2.61. The van der Waals surface area contributed by atoms with Crippen molar-refractivity contribution in [2.75, 3.05) is 23.7 Å². The van der Waals surface area contributed by atoms with Gasteiger partial charge >= 0.3 is 6.18 Å². The summed E-state index contributed by atoms with van der Waals surface area (Å²) in [6.07, 6.45) is -4.61. The van der Waals surface area contributed by atoms with E-state index in [1.165, 1.54) is 36.1 Å².